The third-order valence-corrected chi connectivity index (χ3v) is 6.38. The molecule has 0 aliphatic rings. The number of aromatic hydroxyl groups is 1. The number of methoxy groups -OCH3 is 2. The Kier molecular flexibility index (Phi) is 5.37. The zero-order valence-corrected chi connectivity index (χ0v) is 15.8. The number of phenols is 1. The van der Waals surface area contributed by atoms with E-state index in [1.165, 1.54) is 26.4 Å². The predicted octanol–water partition coefficient (Wildman–Crippen LogP) is 3.97. The fourth-order valence-corrected chi connectivity index (χ4v) is 4.81. The lowest BCUT2D eigenvalue weighted by Crippen LogP contribution is -2.15. The first-order chi connectivity index (χ1) is 13.0. The van der Waals surface area contributed by atoms with Crippen LogP contribution in [-0.2, 0) is 9.84 Å². The number of hydrogen-bond donors (Lipinski definition) is 1. The summed E-state index contributed by atoms with van der Waals surface area (Å²) in [5, 5.41) is 9.20. The van der Waals surface area contributed by atoms with Gasteiger partial charge in [-0.15, -0.1) is 0 Å². The molecule has 5 nitrogen and oxygen atoms in total. The van der Waals surface area contributed by atoms with Gasteiger partial charge in [0.25, 0.3) is 0 Å². The summed E-state index contributed by atoms with van der Waals surface area (Å²) in [6, 6.07) is 20.3. The molecule has 0 heterocycles. The highest BCUT2D eigenvalue weighted by molar-refractivity contribution is 7.91. The van der Waals surface area contributed by atoms with Crippen molar-refractivity contribution in [1.29, 1.82) is 0 Å². The molecule has 0 radical (unpaired) electrons. The maximum Gasteiger partial charge on any atom is 0.200 e. The van der Waals surface area contributed by atoms with Gasteiger partial charge < -0.3 is 14.6 Å². The van der Waals surface area contributed by atoms with Crippen molar-refractivity contribution in [2.75, 3.05) is 14.2 Å². The van der Waals surface area contributed by atoms with E-state index in [9.17, 15) is 13.5 Å². The van der Waals surface area contributed by atoms with Gasteiger partial charge in [-0.25, -0.2) is 8.42 Å². The highest BCUT2D eigenvalue weighted by Crippen LogP contribution is 2.43. The lowest BCUT2D eigenvalue weighted by molar-refractivity contribution is 0.339. The van der Waals surface area contributed by atoms with Crippen molar-refractivity contribution in [1.82, 2.24) is 0 Å². The van der Waals surface area contributed by atoms with Crippen molar-refractivity contribution in [2.24, 2.45) is 0 Å². The number of phenolic OH excluding ortho intramolecular Hbond substituents is 1. The molecule has 3 aromatic carbocycles. The Hall–Kier alpha value is -2.99. The number of benzene rings is 3. The second kappa shape index (κ2) is 7.72. The van der Waals surface area contributed by atoms with E-state index in [0.717, 1.165) is 0 Å². The molecule has 0 spiro atoms. The number of rotatable bonds is 6. The molecule has 1 atom stereocenters. The summed E-state index contributed by atoms with van der Waals surface area (Å²) < 4.78 is 37.4. The minimum absolute atomic E-state index is 0.147. The second-order valence-corrected chi connectivity index (χ2v) is 7.96. The van der Waals surface area contributed by atoms with E-state index in [0.29, 0.717) is 11.1 Å². The van der Waals surface area contributed by atoms with Crippen LogP contribution >= 0.6 is 0 Å². The van der Waals surface area contributed by atoms with E-state index in [4.69, 9.17) is 9.47 Å². The molecule has 0 aromatic heterocycles. The molecule has 1 N–H and O–H groups in total. The molecule has 6 heteroatoms. The zero-order chi connectivity index (χ0) is 19.4. The van der Waals surface area contributed by atoms with Gasteiger partial charge in [-0.1, -0.05) is 48.5 Å². The monoisotopic (exact) mass is 384 g/mol. The molecule has 1 unspecified atom stereocenters. The summed E-state index contributed by atoms with van der Waals surface area (Å²) in [5.74, 6) is 0.120. The molecule has 0 aliphatic heterocycles. The Labute approximate surface area is 158 Å². The first-order valence-corrected chi connectivity index (χ1v) is 9.82. The Balaban J connectivity index is 2.27. The average molecular weight is 384 g/mol. The van der Waals surface area contributed by atoms with Crippen molar-refractivity contribution >= 4 is 9.84 Å². The molecule has 0 saturated heterocycles. The third kappa shape index (κ3) is 3.61. The molecule has 0 saturated carbocycles. The third-order valence-electron chi connectivity index (χ3n) is 4.29. The van der Waals surface area contributed by atoms with Crippen molar-refractivity contribution in [2.45, 2.75) is 10.1 Å². The number of ether oxygens (including phenoxy) is 2. The summed E-state index contributed by atoms with van der Waals surface area (Å²) in [6.07, 6.45) is 0. The summed E-state index contributed by atoms with van der Waals surface area (Å²) >= 11 is 0. The van der Waals surface area contributed by atoms with Crippen LogP contribution < -0.4 is 9.47 Å². The van der Waals surface area contributed by atoms with E-state index in [-0.39, 0.29) is 22.1 Å². The Bertz CT molecular complexity index is 990. The van der Waals surface area contributed by atoms with Crippen LogP contribution in [0.15, 0.2) is 77.7 Å². The topological polar surface area (TPSA) is 72.8 Å². The van der Waals surface area contributed by atoms with Gasteiger partial charge in [0.15, 0.2) is 21.3 Å². The molecule has 0 fully saturated rings. The van der Waals surface area contributed by atoms with Crippen LogP contribution in [0, 0.1) is 0 Å². The quantitative estimate of drug-likeness (QED) is 0.696. The molecule has 3 aromatic rings. The van der Waals surface area contributed by atoms with Gasteiger partial charge in [0.1, 0.15) is 5.25 Å². The van der Waals surface area contributed by atoms with Gasteiger partial charge in [-0.3, -0.25) is 0 Å². The van der Waals surface area contributed by atoms with E-state index in [1.807, 2.05) is 6.07 Å². The van der Waals surface area contributed by atoms with Crippen LogP contribution in [0.1, 0.15) is 16.4 Å². The van der Waals surface area contributed by atoms with Crippen LogP contribution in [0.3, 0.4) is 0 Å². The van der Waals surface area contributed by atoms with Gasteiger partial charge >= 0.3 is 0 Å². The molecule has 27 heavy (non-hydrogen) atoms. The Morgan fingerprint density at radius 1 is 0.778 bits per heavy atom. The predicted molar refractivity (Wildman–Crippen MR) is 103 cm³/mol. The van der Waals surface area contributed by atoms with Gasteiger partial charge in [0, 0.05) is 0 Å². The zero-order valence-electron chi connectivity index (χ0n) is 15.0. The van der Waals surface area contributed by atoms with Gasteiger partial charge in [-0.2, -0.15) is 0 Å². The van der Waals surface area contributed by atoms with Crippen LogP contribution in [0.4, 0.5) is 0 Å². The summed E-state index contributed by atoms with van der Waals surface area (Å²) in [4.78, 5) is 0.213. The minimum Gasteiger partial charge on any atom is -0.502 e. The molecule has 3 rings (SSSR count). The van der Waals surface area contributed by atoms with E-state index in [1.54, 1.807) is 54.6 Å². The van der Waals surface area contributed by atoms with E-state index < -0.39 is 15.1 Å². The largest absolute Gasteiger partial charge is 0.502 e. The first-order valence-electron chi connectivity index (χ1n) is 8.27. The second-order valence-electron chi connectivity index (χ2n) is 5.92. The molecule has 0 amide bonds. The summed E-state index contributed by atoms with van der Waals surface area (Å²) in [7, 11) is -0.954. The van der Waals surface area contributed by atoms with E-state index >= 15 is 0 Å². The Morgan fingerprint density at radius 2 is 1.26 bits per heavy atom. The maximum absolute atomic E-state index is 13.5. The molecular formula is C21H20O5S. The smallest absolute Gasteiger partial charge is 0.200 e. The van der Waals surface area contributed by atoms with Crippen molar-refractivity contribution < 1.29 is 23.0 Å². The lowest BCUT2D eigenvalue weighted by atomic mass is 10.0. The summed E-state index contributed by atoms with van der Waals surface area (Å²) in [5.41, 5.74) is 1.05. The molecular weight excluding hydrogens is 364 g/mol. The van der Waals surface area contributed by atoms with Gasteiger partial charge in [0.2, 0.25) is 5.75 Å². The highest BCUT2D eigenvalue weighted by atomic mass is 32.2. The lowest BCUT2D eigenvalue weighted by Gasteiger charge is -2.21. The van der Waals surface area contributed by atoms with Crippen LogP contribution in [-0.4, -0.2) is 27.7 Å². The standard InChI is InChI=1S/C21H20O5S/c1-25-18-13-16(14-19(26-2)20(18)22)21(15-9-5-3-6-10-15)27(23,24)17-11-7-4-8-12-17/h3-14,21-22H,1-2H3. The summed E-state index contributed by atoms with van der Waals surface area (Å²) in [6.45, 7) is 0. The van der Waals surface area contributed by atoms with Crippen molar-refractivity contribution in [3.05, 3.63) is 83.9 Å². The van der Waals surface area contributed by atoms with Gasteiger partial charge in [-0.05, 0) is 35.4 Å². The van der Waals surface area contributed by atoms with Crippen LogP contribution in [0.2, 0.25) is 0 Å². The van der Waals surface area contributed by atoms with E-state index in [2.05, 4.69) is 0 Å². The number of sulfone groups is 1. The van der Waals surface area contributed by atoms with Crippen molar-refractivity contribution in [3.63, 3.8) is 0 Å². The fraction of sp³-hybridized carbons (Fsp3) is 0.143. The Morgan fingerprint density at radius 3 is 1.74 bits per heavy atom. The molecule has 0 bridgehead atoms. The van der Waals surface area contributed by atoms with Gasteiger partial charge in [0.05, 0.1) is 19.1 Å². The normalized spacial score (nSPS) is 12.4. The van der Waals surface area contributed by atoms with Crippen LogP contribution in [0.25, 0.3) is 0 Å². The highest BCUT2D eigenvalue weighted by Gasteiger charge is 2.32. The fourth-order valence-electron chi connectivity index (χ4n) is 2.99. The number of hydrogen-bond acceptors (Lipinski definition) is 5. The minimum atomic E-state index is -3.76. The van der Waals surface area contributed by atoms with Crippen molar-refractivity contribution in [3.8, 4) is 17.2 Å². The molecule has 140 valence electrons. The van der Waals surface area contributed by atoms with Crippen LogP contribution in [0.5, 0.6) is 17.2 Å². The average Bonchev–Trinajstić information content (AvgIpc) is 2.70. The SMILES string of the molecule is COc1cc(C(c2ccccc2)S(=O)(=O)c2ccccc2)cc(OC)c1O. The molecule has 0 aliphatic carbocycles. The first kappa shape index (κ1) is 18.8. The maximum atomic E-state index is 13.5.